The van der Waals surface area contributed by atoms with Gasteiger partial charge in [0.25, 0.3) is 11.5 Å². The van der Waals surface area contributed by atoms with E-state index in [9.17, 15) is 14.4 Å². The predicted molar refractivity (Wildman–Crippen MR) is 109 cm³/mol. The molecule has 3 rings (SSSR count). The first-order valence-corrected chi connectivity index (χ1v) is 9.23. The number of methoxy groups -OCH3 is 1. The number of carbonyl (C=O) groups is 2. The highest BCUT2D eigenvalue weighted by Gasteiger charge is 2.17. The lowest BCUT2D eigenvalue weighted by molar-refractivity contribution is -0.121. The molecule has 3 aromatic rings. The maximum atomic E-state index is 12.6. The number of fused-ring (bicyclic) bond motifs is 1. The summed E-state index contributed by atoms with van der Waals surface area (Å²) < 4.78 is 6.42. The zero-order valence-electron chi connectivity index (χ0n) is 15.9. The number of nitrogens with zero attached hydrogens (tertiary/aromatic N) is 2. The van der Waals surface area contributed by atoms with Gasteiger partial charge in [0.05, 0.1) is 18.9 Å². The Balaban J connectivity index is 1.78. The van der Waals surface area contributed by atoms with Gasteiger partial charge in [-0.05, 0) is 31.2 Å². The summed E-state index contributed by atoms with van der Waals surface area (Å²) in [7, 11) is 1.49. The summed E-state index contributed by atoms with van der Waals surface area (Å²) in [5.74, 6) is -0.583. The fourth-order valence-corrected chi connectivity index (χ4v) is 3.10. The van der Waals surface area contributed by atoms with Crippen molar-refractivity contribution >= 4 is 34.2 Å². The summed E-state index contributed by atoms with van der Waals surface area (Å²) >= 11 is 5.97. The molecule has 0 aliphatic carbocycles. The molecule has 2 amide bonds. The monoisotopic (exact) mass is 414 g/mol. The first-order chi connectivity index (χ1) is 13.9. The Hall–Kier alpha value is -3.39. The molecule has 0 atom stereocenters. The molecule has 0 unspecified atom stereocenters. The number of aromatic nitrogens is 2. The van der Waals surface area contributed by atoms with Crippen LogP contribution in [0.25, 0.3) is 10.8 Å². The molecule has 0 bridgehead atoms. The van der Waals surface area contributed by atoms with Crippen LogP contribution in [0.15, 0.2) is 47.3 Å². The summed E-state index contributed by atoms with van der Waals surface area (Å²) in [4.78, 5) is 37.3. The van der Waals surface area contributed by atoms with Gasteiger partial charge in [-0.2, -0.15) is 5.10 Å². The summed E-state index contributed by atoms with van der Waals surface area (Å²) in [6, 6.07) is 11.6. The van der Waals surface area contributed by atoms with Crippen molar-refractivity contribution in [1.82, 2.24) is 20.6 Å². The minimum absolute atomic E-state index is 0.0442. The number of hydrogen-bond acceptors (Lipinski definition) is 5. The van der Waals surface area contributed by atoms with Gasteiger partial charge >= 0.3 is 0 Å². The summed E-state index contributed by atoms with van der Waals surface area (Å²) in [5, 5.41) is 5.38. The fraction of sp³-hybridized carbons (Fsp3) is 0.200. The van der Waals surface area contributed by atoms with Gasteiger partial charge in [0.1, 0.15) is 5.75 Å². The van der Waals surface area contributed by atoms with E-state index in [2.05, 4.69) is 16.0 Å². The van der Waals surface area contributed by atoms with E-state index < -0.39 is 11.8 Å². The van der Waals surface area contributed by atoms with Gasteiger partial charge in [0.2, 0.25) is 5.91 Å². The summed E-state index contributed by atoms with van der Waals surface area (Å²) in [6.07, 6.45) is -0.0490. The largest absolute Gasteiger partial charge is 0.496 e. The molecular formula is C20H19ClN4O4. The summed E-state index contributed by atoms with van der Waals surface area (Å²) in [5.41, 5.74) is 5.04. The van der Waals surface area contributed by atoms with Gasteiger partial charge in [-0.25, -0.2) is 4.68 Å². The van der Waals surface area contributed by atoms with E-state index in [1.54, 1.807) is 49.4 Å². The molecule has 0 saturated carbocycles. The Labute approximate surface area is 171 Å². The number of hydrogen-bond donors (Lipinski definition) is 2. The van der Waals surface area contributed by atoms with E-state index in [0.29, 0.717) is 33.7 Å². The highest BCUT2D eigenvalue weighted by Crippen LogP contribution is 2.23. The van der Waals surface area contributed by atoms with Crippen LogP contribution in [0.1, 0.15) is 23.0 Å². The lowest BCUT2D eigenvalue weighted by Crippen LogP contribution is -2.43. The third kappa shape index (κ3) is 4.38. The first kappa shape index (κ1) is 20.3. The van der Waals surface area contributed by atoms with Crippen LogP contribution in [0.5, 0.6) is 5.75 Å². The van der Waals surface area contributed by atoms with Crippen LogP contribution in [-0.2, 0) is 17.8 Å². The highest BCUT2D eigenvalue weighted by molar-refractivity contribution is 6.30. The average Bonchev–Trinajstić information content (AvgIpc) is 2.72. The number of hydrazine groups is 1. The number of rotatable bonds is 5. The third-order valence-corrected chi connectivity index (χ3v) is 4.53. The zero-order chi connectivity index (χ0) is 21.0. The summed E-state index contributed by atoms with van der Waals surface area (Å²) in [6.45, 7) is 2.07. The molecular weight excluding hydrogens is 396 g/mol. The van der Waals surface area contributed by atoms with Crippen molar-refractivity contribution in [2.24, 2.45) is 0 Å². The normalized spacial score (nSPS) is 10.6. The van der Waals surface area contributed by atoms with E-state index in [1.807, 2.05) is 0 Å². The van der Waals surface area contributed by atoms with E-state index in [-0.39, 0.29) is 17.7 Å². The van der Waals surface area contributed by atoms with Gasteiger partial charge < -0.3 is 4.74 Å². The third-order valence-electron chi connectivity index (χ3n) is 4.29. The molecule has 0 spiro atoms. The standard InChI is InChI=1S/C20H19ClN4O4/c1-3-25-20(28)15-7-5-4-6-14(15)18(24-25)19(27)23-22-17(26)11-12-10-13(21)8-9-16(12)29-2/h4-10H,3,11H2,1-2H3,(H,22,26)(H,23,27). The van der Waals surface area contributed by atoms with Crippen LogP contribution in [-0.4, -0.2) is 28.7 Å². The second kappa shape index (κ2) is 8.74. The van der Waals surface area contributed by atoms with Gasteiger partial charge in [-0.15, -0.1) is 0 Å². The molecule has 0 aliphatic heterocycles. The van der Waals surface area contributed by atoms with Gasteiger partial charge in [-0.1, -0.05) is 29.8 Å². The molecule has 9 heteroatoms. The van der Waals surface area contributed by atoms with Crippen molar-refractivity contribution in [1.29, 1.82) is 0 Å². The van der Waals surface area contributed by atoms with Gasteiger partial charge in [-0.3, -0.25) is 25.2 Å². The molecule has 0 saturated heterocycles. The Morgan fingerprint density at radius 1 is 1.14 bits per heavy atom. The number of aryl methyl sites for hydroxylation is 1. The van der Waals surface area contributed by atoms with Gasteiger partial charge in [0, 0.05) is 22.5 Å². The number of halogens is 1. The zero-order valence-corrected chi connectivity index (χ0v) is 16.6. The maximum absolute atomic E-state index is 12.6. The number of ether oxygens (including phenoxy) is 1. The number of nitrogens with one attached hydrogen (secondary N) is 2. The lowest BCUT2D eigenvalue weighted by atomic mass is 10.1. The molecule has 0 fully saturated rings. The Kier molecular flexibility index (Phi) is 6.13. The van der Waals surface area contributed by atoms with Crippen LogP contribution >= 0.6 is 11.6 Å². The van der Waals surface area contributed by atoms with E-state index in [4.69, 9.17) is 16.3 Å². The Bertz CT molecular complexity index is 1140. The molecule has 1 heterocycles. The maximum Gasteiger partial charge on any atom is 0.290 e. The van der Waals surface area contributed by atoms with Crippen LogP contribution in [0, 0.1) is 0 Å². The van der Waals surface area contributed by atoms with Crippen molar-refractivity contribution in [3.8, 4) is 5.75 Å². The minimum Gasteiger partial charge on any atom is -0.496 e. The fourth-order valence-electron chi connectivity index (χ4n) is 2.91. The second-order valence-corrected chi connectivity index (χ2v) is 6.59. The smallest absolute Gasteiger partial charge is 0.290 e. The molecule has 8 nitrogen and oxygen atoms in total. The average molecular weight is 415 g/mol. The molecule has 2 aromatic carbocycles. The molecule has 0 aliphatic rings. The van der Waals surface area contributed by atoms with Crippen molar-refractivity contribution in [2.75, 3.05) is 7.11 Å². The van der Waals surface area contributed by atoms with Crippen LogP contribution in [0.2, 0.25) is 5.02 Å². The first-order valence-electron chi connectivity index (χ1n) is 8.86. The topological polar surface area (TPSA) is 102 Å². The Morgan fingerprint density at radius 2 is 1.86 bits per heavy atom. The van der Waals surface area contributed by atoms with Crippen molar-refractivity contribution < 1.29 is 14.3 Å². The number of amides is 2. The highest BCUT2D eigenvalue weighted by atomic mass is 35.5. The van der Waals surface area contributed by atoms with Crippen molar-refractivity contribution in [3.05, 3.63) is 69.1 Å². The molecule has 0 radical (unpaired) electrons. The molecule has 1 aromatic heterocycles. The molecule has 29 heavy (non-hydrogen) atoms. The predicted octanol–water partition coefficient (Wildman–Crippen LogP) is 2.08. The molecule has 150 valence electrons. The van der Waals surface area contributed by atoms with E-state index in [1.165, 1.54) is 11.8 Å². The minimum atomic E-state index is -0.630. The quantitative estimate of drug-likeness (QED) is 0.622. The van der Waals surface area contributed by atoms with Crippen LogP contribution in [0.4, 0.5) is 0 Å². The van der Waals surface area contributed by atoms with Crippen LogP contribution in [0.3, 0.4) is 0 Å². The van der Waals surface area contributed by atoms with E-state index >= 15 is 0 Å². The molecule has 2 N–H and O–H groups in total. The SMILES string of the molecule is CCn1nc(C(=O)NNC(=O)Cc2cc(Cl)ccc2OC)c2ccccc2c1=O. The van der Waals surface area contributed by atoms with Crippen molar-refractivity contribution in [2.45, 2.75) is 19.9 Å². The lowest BCUT2D eigenvalue weighted by Gasteiger charge is -2.12. The van der Waals surface area contributed by atoms with E-state index in [0.717, 1.165) is 0 Å². The van der Waals surface area contributed by atoms with Crippen LogP contribution < -0.4 is 21.1 Å². The second-order valence-electron chi connectivity index (χ2n) is 6.15. The number of benzene rings is 2. The van der Waals surface area contributed by atoms with Crippen molar-refractivity contribution in [3.63, 3.8) is 0 Å². The number of carbonyl (C=O) groups excluding carboxylic acids is 2. The van der Waals surface area contributed by atoms with Gasteiger partial charge in [0.15, 0.2) is 5.69 Å². The Morgan fingerprint density at radius 3 is 2.55 bits per heavy atom.